The van der Waals surface area contributed by atoms with Crippen molar-refractivity contribution in [2.45, 2.75) is 11.8 Å². The standard InChI is InChI=1S/C17H18N2O4S/c1-13(20)14-8-10-16(11-9-14)24(22,23)19(2)12-17(21)18-15-6-4-3-5-7-15/h3-11H,12H2,1-2H3,(H,18,21). The number of sulfonamides is 1. The number of likely N-dealkylation sites (N-methyl/N-ethyl adjacent to an activating group) is 1. The molecule has 1 amide bonds. The molecule has 7 heteroatoms. The highest BCUT2D eigenvalue weighted by Crippen LogP contribution is 2.15. The van der Waals surface area contributed by atoms with Gasteiger partial charge in [0.2, 0.25) is 15.9 Å². The van der Waals surface area contributed by atoms with Gasteiger partial charge in [0.05, 0.1) is 11.4 Å². The number of anilines is 1. The summed E-state index contributed by atoms with van der Waals surface area (Å²) in [5.41, 5.74) is 1.03. The first-order chi connectivity index (χ1) is 11.3. The summed E-state index contributed by atoms with van der Waals surface area (Å²) in [6.07, 6.45) is 0. The number of nitrogens with one attached hydrogen (secondary N) is 1. The Hall–Kier alpha value is -2.51. The van der Waals surface area contributed by atoms with Crippen LogP contribution in [0.5, 0.6) is 0 Å². The summed E-state index contributed by atoms with van der Waals surface area (Å²) in [5.74, 6) is -0.581. The SMILES string of the molecule is CC(=O)c1ccc(S(=O)(=O)N(C)CC(=O)Nc2ccccc2)cc1. The minimum Gasteiger partial charge on any atom is -0.325 e. The molecule has 0 unspecified atom stereocenters. The van der Waals surface area contributed by atoms with Crippen LogP contribution in [0, 0.1) is 0 Å². The van der Waals surface area contributed by atoms with Crippen molar-refractivity contribution >= 4 is 27.4 Å². The lowest BCUT2D eigenvalue weighted by Crippen LogP contribution is -2.34. The number of carbonyl (C=O) groups excluding carboxylic acids is 2. The number of nitrogens with zero attached hydrogens (tertiary/aromatic N) is 1. The topological polar surface area (TPSA) is 83.6 Å². The molecule has 0 aromatic heterocycles. The average Bonchev–Trinajstić information content (AvgIpc) is 2.55. The normalized spacial score (nSPS) is 11.3. The van der Waals surface area contributed by atoms with Crippen LogP contribution in [-0.4, -0.2) is 38.0 Å². The van der Waals surface area contributed by atoms with Crippen LogP contribution in [0.2, 0.25) is 0 Å². The van der Waals surface area contributed by atoms with E-state index in [2.05, 4.69) is 5.32 Å². The van der Waals surface area contributed by atoms with Gasteiger partial charge in [0, 0.05) is 18.3 Å². The quantitative estimate of drug-likeness (QED) is 0.812. The smallest absolute Gasteiger partial charge is 0.243 e. The Balaban J connectivity index is 2.08. The van der Waals surface area contributed by atoms with Gasteiger partial charge in [0.25, 0.3) is 0 Å². The van der Waals surface area contributed by atoms with Gasteiger partial charge in [-0.2, -0.15) is 4.31 Å². The van der Waals surface area contributed by atoms with E-state index >= 15 is 0 Å². The number of rotatable bonds is 6. The summed E-state index contributed by atoms with van der Waals surface area (Å²) in [5, 5.41) is 2.63. The molecule has 0 fully saturated rings. The fraction of sp³-hybridized carbons (Fsp3) is 0.176. The second-order valence-electron chi connectivity index (χ2n) is 5.26. The highest BCUT2D eigenvalue weighted by Gasteiger charge is 2.23. The molecule has 24 heavy (non-hydrogen) atoms. The first kappa shape index (κ1) is 17.8. The fourth-order valence-corrected chi connectivity index (χ4v) is 3.18. The molecule has 0 bridgehead atoms. The molecule has 0 heterocycles. The number of amides is 1. The van der Waals surface area contributed by atoms with E-state index in [1.807, 2.05) is 6.07 Å². The number of hydrogen-bond acceptors (Lipinski definition) is 4. The zero-order valence-corrected chi connectivity index (χ0v) is 14.2. The summed E-state index contributed by atoms with van der Waals surface area (Å²) in [6.45, 7) is 1.09. The van der Waals surface area contributed by atoms with E-state index in [1.54, 1.807) is 24.3 Å². The van der Waals surface area contributed by atoms with Gasteiger partial charge in [-0.25, -0.2) is 8.42 Å². The number of carbonyl (C=O) groups is 2. The lowest BCUT2D eigenvalue weighted by molar-refractivity contribution is -0.116. The molecule has 2 rings (SSSR count). The van der Waals surface area contributed by atoms with Crippen LogP contribution in [-0.2, 0) is 14.8 Å². The van der Waals surface area contributed by atoms with E-state index in [1.165, 1.54) is 38.2 Å². The summed E-state index contributed by atoms with van der Waals surface area (Å²) in [7, 11) is -2.48. The van der Waals surface area contributed by atoms with Gasteiger partial charge in [-0.15, -0.1) is 0 Å². The van der Waals surface area contributed by atoms with Gasteiger partial charge in [-0.05, 0) is 31.2 Å². The largest absolute Gasteiger partial charge is 0.325 e. The van der Waals surface area contributed by atoms with Crippen LogP contribution in [0.15, 0.2) is 59.5 Å². The number of hydrogen-bond donors (Lipinski definition) is 1. The molecule has 1 N–H and O–H groups in total. The lowest BCUT2D eigenvalue weighted by atomic mass is 10.2. The number of benzene rings is 2. The Morgan fingerprint density at radius 3 is 2.12 bits per heavy atom. The molecule has 0 aliphatic heterocycles. The second-order valence-corrected chi connectivity index (χ2v) is 7.30. The highest BCUT2D eigenvalue weighted by atomic mass is 32.2. The van der Waals surface area contributed by atoms with Crippen LogP contribution in [0.4, 0.5) is 5.69 Å². The predicted octanol–water partition coefficient (Wildman–Crippen LogP) is 2.15. The van der Waals surface area contributed by atoms with Gasteiger partial charge in [0.1, 0.15) is 0 Å². The van der Waals surface area contributed by atoms with Crippen molar-refractivity contribution in [3.05, 3.63) is 60.2 Å². The van der Waals surface area contributed by atoms with Crippen molar-refractivity contribution in [1.82, 2.24) is 4.31 Å². The van der Waals surface area contributed by atoms with Gasteiger partial charge in [-0.3, -0.25) is 9.59 Å². The van der Waals surface area contributed by atoms with E-state index in [-0.39, 0.29) is 17.2 Å². The van der Waals surface area contributed by atoms with Crippen molar-refractivity contribution in [3.63, 3.8) is 0 Å². The monoisotopic (exact) mass is 346 g/mol. The second kappa shape index (κ2) is 7.37. The lowest BCUT2D eigenvalue weighted by Gasteiger charge is -2.17. The summed E-state index contributed by atoms with van der Waals surface area (Å²) in [6, 6.07) is 14.4. The predicted molar refractivity (Wildman–Crippen MR) is 91.3 cm³/mol. The molecule has 126 valence electrons. The van der Waals surface area contributed by atoms with Crippen molar-refractivity contribution in [1.29, 1.82) is 0 Å². The number of ketones is 1. The molecule has 0 radical (unpaired) electrons. The van der Waals surface area contributed by atoms with Gasteiger partial charge < -0.3 is 5.32 Å². The number of para-hydroxylation sites is 1. The van der Waals surface area contributed by atoms with Crippen molar-refractivity contribution in [3.8, 4) is 0 Å². The van der Waals surface area contributed by atoms with E-state index in [0.29, 0.717) is 11.3 Å². The third-order valence-electron chi connectivity index (χ3n) is 3.39. The van der Waals surface area contributed by atoms with Crippen molar-refractivity contribution in [2.24, 2.45) is 0 Å². The Morgan fingerprint density at radius 1 is 1.00 bits per heavy atom. The molecule has 0 saturated heterocycles. The molecule has 2 aromatic carbocycles. The first-order valence-corrected chi connectivity index (χ1v) is 8.67. The molecule has 6 nitrogen and oxygen atoms in total. The van der Waals surface area contributed by atoms with Crippen LogP contribution >= 0.6 is 0 Å². The molecule has 0 spiro atoms. The molecule has 0 aliphatic carbocycles. The van der Waals surface area contributed by atoms with E-state index < -0.39 is 15.9 Å². The van der Waals surface area contributed by atoms with Crippen molar-refractivity contribution < 1.29 is 18.0 Å². The van der Waals surface area contributed by atoms with E-state index in [4.69, 9.17) is 0 Å². The zero-order chi connectivity index (χ0) is 17.7. The Labute approximate surface area is 141 Å². The van der Waals surface area contributed by atoms with Crippen molar-refractivity contribution in [2.75, 3.05) is 18.9 Å². The summed E-state index contributed by atoms with van der Waals surface area (Å²) >= 11 is 0. The molecular formula is C17H18N2O4S. The van der Waals surface area contributed by atoms with Crippen LogP contribution in [0.3, 0.4) is 0 Å². The van der Waals surface area contributed by atoms with Gasteiger partial charge in [0.15, 0.2) is 5.78 Å². The first-order valence-electron chi connectivity index (χ1n) is 7.23. The van der Waals surface area contributed by atoms with Gasteiger partial charge in [-0.1, -0.05) is 30.3 Å². The third kappa shape index (κ3) is 4.27. The number of Topliss-reactive ketones (excluding diaryl/α,β-unsaturated/α-hetero) is 1. The minimum absolute atomic E-state index is 0.0301. The third-order valence-corrected chi connectivity index (χ3v) is 5.21. The molecule has 2 aromatic rings. The Kier molecular flexibility index (Phi) is 5.48. The van der Waals surface area contributed by atoms with Crippen LogP contribution in [0.25, 0.3) is 0 Å². The summed E-state index contributed by atoms with van der Waals surface area (Å²) in [4.78, 5) is 23.3. The van der Waals surface area contributed by atoms with E-state index in [9.17, 15) is 18.0 Å². The maximum atomic E-state index is 12.5. The summed E-state index contributed by atoms with van der Waals surface area (Å²) < 4.78 is 25.9. The zero-order valence-electron chi connectivity index (χ0n) is 13.4. The fourth-order valence-electron chi connectivity index (χ4n) is 2.05. The maximum Gasteiger partial charge on any atom is 0.243 e. The maximum absolute atomic E-state index is 12.5. The minimum atomic E-state index is -3.81. The molecule has 0 atom stereocenters. The highest BCUT2D eigenvalue weighted by molar-refractivity contribution is 7.89. The van der Waals surface area contributed by atoms with E-state index in [0.717, 1.165) is 4.31 Å². The van der Waals surface area contributed by atoms with Crippen LogP contribution < -0.4 is 5.32 Å². The molecule has 0 aliphatic rings. The Bertz CT molecular complexity index is 831. The van der Waals surface area contributed by atoms with Crippen LogP contribution in [0.1, 0.15) is 17.3 Å². The average molecular weight is 346 g/mol. The molecule has 0 saturated carbocycles. The molecular weight excluding hydrogens is 328 g/mol. The Morgan fingerprint density at radius 2 is 1.58 bits per heavy atom. The van der Waals surface area contributed by atoms with Gasteiger partial charge >= 0.3 is 0 Å².